The minimum Gasteiger partial charge on any atom is -0.394 e. The van der Waals surface area contributed by atoms with E-state index in [1.165, 1.54) is 10.9 Å². The lowest BCUT2D eigenvalue weighted by Gasteiger charge is -2.13. The largest absolute Gasteiger partial charge is 0.394 e. The first-order valence-corrected chi connectivity index (χ1v) is 5.73. The summed E-state index contributed by atoms with van der Waals surface area (Å²) in [7, 11) is 0. The number of alkyl halides is 1. The number of H-pyrrole nitrogens is 1. The molecule has 0 unspecified atom stereocenters. The number of ether oxygens (including phenoxy) is 1. The van der Waals surface area contributed by atoms with Gasteiger partial charge in [-0.05, 0) is 0 Å². The molecule has 3 atom stereocenters. The summed E-state index contributed by atoms with van der Waals surface area (Å²) < 4.78 is 20.4. The number of halogens is 1. The van der Waals surface area contributed by atoms with Gasteiger partial charge in [-0.15, -0.1) is 0 Å². The van der Waals surface area contributed by atoms with E-state index in [1.807, 2.05) is 0 Å². The lowest BCUT2D eigenvalue weighted by molar-refractivity contribution is -0.0323. The van der Waals surface area contributed by atoms with Crippen molar-refractivity contribution >= 4 is 17.1 Å². The van der Waals surface area contributed by atoms with Gasteiger partial charge >= 0.3 is 0 Å². The number of nitrogens with two attached hydrogens (primary N) is 1. The van der Waals surface area contributed by atoms with Crippen LogP contribution >= 0.6 is 0 Å². The Labute approximate surface area is 106 Å². The van der Waals surface area contributed by atoms with E-state index < -0.39 is 30.7 Å². The summed E-state index contributed by atoms with van der Waals surface area (Å²) in [5.41, 5.74) is 5.35. The van der Waals surface area contributed by atoms with Crippen molar-refractivity contribution in [2.75, 3.05) is 12.3 Å². The third-order valence-corrected chi connectivity index (χ3v) is 3.10. The number of aliphatic hydroxyl groups excluding tert-OH is 1. The monoisotopic (exact) mass is 269 g/mol. The van der Waals surface area contributed by atoms with E-state index in [2.05, 4.69) is 15.0 Å². The summed E-state index contributed by atoms with van der Waals surface area (Å²) in [6.07, 6.45) is -1.39. The second-order valence-corrected chi connectivity index (χ2v) is 4.34. The van der Waals surface area contributed by atoms with Gasteiger partial charge in [0.25, 0.3) is 5.56 Å². The lowest BCUT2D eigenvalue weighted by Crippen LogP contribution is -2.21. The molecule has 1 fully saturated rings. The van der Waals surface area contributed by atoms with Crippen LogP contribution in [0.25, 0.3) is 11.2 Å². The number of nitrogens with one attached hydrogen (secondary N) is 1. The van der Waals surface area contributed by atoms with Crippen molar-refractivity contribution in [3.05, 3.63) is 16.7 Å². The van der Waals surface area contributed by atoms with Crippen LogP contribution < -0.4 is 11.3 Å². The summed E-state index contributed by atoms with van der Waals surface area (Å²) in [6, 6.07) is 0. The smallest absolute Gasteiger partial charge is 0.280 e. The Bertz CT molecular complexity index is 669. The lowest BCUT2D eigenvalue weighted by atomic mass is 10.2. The van der Waals surface area contributed by atoms with Crippen molar-refractivity contribution in [3.8, 4) is 0 Å². The highest BCUT2D eigenvalue weighted by molar-refractivity contribution is 5.70. The summed E-state index contributed by atoms with van der Waals surface area (Å²) in [4.78, 5) is 21.8. The number of imidazole rings is 1. The second kappa shape index (κ2) is 4.28. The molecule has 0 amide bonds. The molecule has 3 heterocycles. The Morgan fingerprint density at radius 3 is 3.16 bits per heavy atom. The SMILES string of the molecule is Nc1nc2c(ncn2[C@H]2C[C@@H](F)[C@H](CO)O2)c(=O)[nH]1. The standard InChI is InChI=1S/C10H12FN5O3/c11-4-1-6(19-5(4)2-17)16-3-13-7-8(16)14-10(12)15-9(7)18/h3-6,17H,1-2H2,(H3,12,14,15,18)/t4-,5+,6-/m1/s1. The van der Waals surface area contributed by atoms with Crippen molar-refractivity contribution in [1.29, 1.82) is 0 Å². The number of anilines is 1. The van der Waals surface area contributed by atoms with Gasteiger partial charge in [0.2, 0.25) is 5.95 Å². The van der Waals surface area contributed by atoms with Crippen molar-refractivity contribution in [1.82, 2.24) is 19.5 Å². The fourth-order valence-electron chi connectivity index (χ4n) is 2.18. The highest BCUT2D eigenvalue weighted by Gasteiger charge is 2.36. The number of aromatic nitrogens is 4. The van der Waals surface area contributed by atoms with Gasteiger partial charge in [0.05, 0.1) is 12.9 Å². The van der Waals surface area contributed by atoms with E-state index in [4.69, 9.17) is 15.6 Å². The number of hydrogen-bond donors (Lipinski definition) is 3. The van der Waals surface area contributed by atoms with Crippen LogP contribution in [0.4, 0.5) is 10.3 Å². The zero-order valence-corrected chi connectivity index (χ0v) is 9.78. The van der Waals surface area contributed by atoms with Crippen molar-refractivity contribution < 1.29 is 14.2 Å². The molecule has 9 heteroatoms. The Morgan fingerprint density at radius 2 is 2.47 bits per heavy atom. The van der Waals surface area contributed by atoms with Gasteiger partial charge in [-0.3, -0.25) is 14.3 Å². The molecule has 0 aliphatic carbocycles. The van der Waals surface area contributed by atoms with Gasteiger partial charge in [-0.1, -0.05) is 0 Å². The predicted molar refractivity (Wildman–Crippen MR) is 63.1 cm³/mol. The quantitative estimate of drug-likeness (QED) is 0.664. The van der Waals surface area contributed by atoms with Crippen LogP contribution in [0.15, 0.2) is 11.1 Å². The Balaban J connectivity index is 2.05. The van der Waals surface area contributed by atoms with Crippen LogP contribution in [0.1, 0.15) is 12.6 Å². The predicted octanol–water partition coefficient (Wildman–Crippen LogP) is -0.680. The molecule has 102 valence electrons. The zero-order chi connectivity index (χ0) is 13.6. The number of nitrogen functional groups attached to an aromatic ring is 1. The van der Waals surface area contributed by atoms with Crippen LogP contribution in [0.3, 0.4) is 0 Å². The molecule has 0 aromatic carbocycles. The molecule has 1 aliphatic heterocycles. The summed E-state index contributed by atoms with van der Waals surface area (Å²) >= 11 is 0. The summed E-state index contributed by atoms with van der Waals surface area (Å²) in [5, 5.41) is 8.97. The van der Waals surface area contributed by atoms with Crippen LogP contribution in [-0.4, -0.2) is 43.5 Å². The molecule has 2 aromatic rings. The maximum absolute atomic E-state index is 13.6. The molecule has 19 heavy (non-hydrogen) atoms. The van der Waals surface area contributed by atoms with Gasteiger partial charge in [0.15, 0.2) is 11.2 Å². The molecule has 0 bridgehead atoms. The number of fused-ring (bicyclic) bond motifs is 1. The van der Waals surface area contributed by atoms with Gasteiger partial charge in [-0.2, -0.15) is 4.98 Å². The van der Waals surface area contributed by atoms with E-state index in [-0.39, 0.29) is 23.5 Å². The van der Waals surface area contributed by atoms with Crippen molar-refractivity contribution in [3.63, 3.8) is 0 Å². The molecule has 8 nitrogen and oxygen atoms in total. The third kappa shape index (κ3) is 1.87. The van der Waals surface area contributed by atoms with E-state index in [9.17, 15) is 9.18 Å². The number of rotatable bonds is 2. The Hall–Kier alpha value is -2.00. The van der Waals surface area contributed by atoms with Gasteiger partial charge in [-0.25, -0.2) is 9.37 Å². The first kappa shape index (κ1) is 12.1. The number of aliphatic hydroxyl groups is 1. The van der Waals surface area contributed by atoms with Gasteiger partial charge in [0.1, 0.15) is 18.5 Å². The first-order valence-electron chi connectivity index (χ1n) is 5.73. The molecule has 1 saturated heterocycles. The molecule has 0 saturated carbocycles. The highest BCUT2D eigenvalue weighted by Crippen LogP contribution is 2.31. The van der Waals surface area contributed by atoms with Gasteiger partial charge < -0.3 is 15.6 Å². The minimum absolute atomic E-state index is 0.0484. The normalized spacial score (nSPS) is 27.2. The molecule has 0 radical (unpaired) electrons. The van der Waals surface area contributed by atoms with Crippen LogP contribution in [0, 0.1) is 0 Å². The Kier molecular flexibility index (Phi) is 2.72. The van der Waals surface area contributed by atoms with Crippen molar-refractivity contribution in [2.24, 2.45) is 0 Å². The first-order chi connectivity index (χ1) is 9.10. The molecule has 4 N–H and O–H groups in total. The molecular weight excluding hydrogens is 257 g/mol. The topological polar surface area (TPSA) is 119 Å². The fourth-order valence-corrected chi connectivity index (χ4v) is 2.18. The van der Waals surface area contributed by atoms with Gasteiger partial charge in [0, 0.05) is 6.42 Å². The van der Waals surface area contributed by atoms with Crippen LogP contribution in [0.5, 0.6) is 0 Å². The molecule has 1 aliphatic rings. The fraction of sp³-hybridized carbons (Fsp3) is 0.500. The number of aromatic amines is 1. The third-order valence-electron chi connectivity index (χ3n) is 3.10. The number of nitrogens with zero attached hydrogens (tertiary/aromatic N) is 3. The maximum Gasteiger partial charge on any atom is 0.280 e. The summed E-state index contributed by atoms with van der Waals surface area (Å²) in [6.45, 7) is -0.402. The van der Waals surface area contributed by atoms with Crippen LogP contribution in [0.2, 0.25) is 0 Å². The average molecular weight is 269 g/mol. The number of hydrogen-bond acceptors (Lipinski definition) is 6. The molecule has 2 aromatic heterocycles. The van der Waals surface area contributed by atoms with E-state index in [1.54, 1.807) is 0 Å². The van der Waals surface area contributed by atoms with Crippen LogP contribution in [-0.2, 0) is 4.74 Å². The Morgan fingerprint density at radius 1 is 1.68 bits per heavy atom. The van der Waals surface area contributed by atoms with E-state index >= 15 is 0 Å². The zero-order valence-electron chi connectivity index (χ0n) is 9.78. The average Bonchev–Trinajstić information content (AvgIpc) is 2.92. The van der Waals surface area contributed by atoms with E-state index in [0.29, 0.717) is 0 Å². The highest BCUT2D eigenvalue weighted by atomic mass is 19.1. The second-order valence-electron chi connectivity index (χ2n) is 4.34. The van der Waals surface area contributed by atoms with E-state index in [0.717, 1.165) is 0 Å². The molecular formula is C10H12FN5O3. The minimum atomic E-state index is -1.27. The summed E-state index contributed by atoms with van der Waals surface area (Å²) in [5.74, 6) is -0.0484. The maximum atomic E-state index is 13.6. The molecule has 3 rings (SSSR count). The molecule has 0 spiro atoms. The van der Waals surface area contributed by atoms with Crippen molar-refractivity contribution in [2.45, 2.75) is 24.9 Å².